The van der Waals surface area contributed by atoms with Gasteiger partial charge in [-0.2, -0.15) is 5.26 Å². The number of thiazole rings is 1. The van der Waals surface area contributed by atoms with Gasteiger partial charge < -0.3 is 9.47 Å². The fraction of sp³-hybridized carbons (Fsp3) is 0.238. The molecule has 0 radical (unpaired) electrons. The second-order valence-electron chi connectivity index (χ2n) is 6.40. The molecule has 0 atom stereocenters. The smallest absolute Gasteiger partial charge is 0.175 e. The number of allylic oxidation sites excluding steroid dienone is 1. The lowest BCUT2D eigenvalue weighted by Crippen LogP contribution is -2.06. The number of ether oxygens (including phenoxy) is 2. The minimum atomic E-state index is 0.408. The molecule has 0 unspecified atom stereocenters. The van der Waals surface area contributed by atoms with Gasteiger partial charge in [0.2, 0.25) is 0 Å². The molecule has 0 aliphatic heterocycles. The van der Waals surface area contributed by atoms with E-state index in [9.17, 15) is 5.26 Å². The van der Waals surface area contributed by atoms with E-state index in [4.69, 9.17) is 9.47 Å². The average molecular weight is 443 g/mol. The number of nitrogens with zero attached hydrogens (tertiary/aromatic N) is 2. The molecule has 0 saturated carbocycles. The van der Waals surface area contributed by atoms with E-state index >= 15 is 0 Å². The van der Waals surface area contributed by atoms with Crippen LogP contribution in [0.3, 0.4) is 0 Å². The number of aromatic nitrogens is 1. The van der Waals surface area contributed by atoms with Gasteiger partial charge in [0, 0.05) is 0 Å². The molecular weight excluding hydrogens is 424 g/mol. The van der Waals surface area contributed by atoms with E-state index in [1.807, 2.05) is 42.5 Å². The molecule has 0 amide bonds. The molecule has 4 nitrogen and oxygen atoms in total. The lowest BCUT2D eigenvalue weighted by Gasteiger charge is -2.15. The van der Waals surface area contributed by atoms with Crippen LogP contribution in [0.15, 0.2) is 40.9 Å². The lowest BCUT2D eigenvalue weighted by atomic mass is 10.1. The van der Waals surface area contributed by atoms with Gasteiger partial charge in [0.1, 0.15) is 11.1 Å². The fourth-order valence-corrected chi connectivity index (χ4v) is 4.01. The summed E-state index contributed by atoms with van der Waals surface area (Å²) in [6.45, 7) is 4.78. The van der Waals surface area contributed by atoms with Gasteiger partial charge >= 0.3 is 0 Å². The number of rotatable bonds is 6. The Morgan fingerprint density at radius 3 is 2.78 bits per heavy atom. The first-order chi connectivity index (χ1) is 13.0. The van der Waals surface area contributed by atoms with Crippen molar-refractivity contribution in [1.29, 1.82) is 5.26 Å². The van der Waals surface area contributed by atoms with E-state index in [0.717, 1.165) is 20.3 Å². The van der Waals surface area contributed by atoms with Crippen molar-refractivity contribution in [3.8, 4) is 17.6 Å². The topological polar surface area (TPSA) is 55.1 Å². The van der Waals surface area contributed by atoms with Crippen LogP contribution in [-0.2, 0) is 0 Å². The molecule has 138 valence electrons. The van der Waals surface area contributed by atoms with E-state index in [1.54, 1.807) is 7.11 Å². The first-order valence-electron chi connectivity index (χ1n) is 8.50. The van der Waals surface area contributed by atoms with Crippen LogP contribution in [0.1, 0.15) is 24.4 Å². The van der Waals surface area contributed by atoms with Crippen molar-refractivity contribution in [1.82, 2.24) is 4.98 Å². The summed E-state index contributed by atoms with van der Waals surface area (Å²) in [4.78, 5) is 4.57. The Bertz CT molecular complexity index is 1000. The van der Waals surface area contributed by atoms with Crippen molar-refractivity contribution in [2.24, 2.45) is 5.92 Å². The molecule has 0 spiro atoms. The maximum Gasteiger partial charge on any atom is 0.175 e. The summed E-state index contributed by atoms with van der Waals surface area (Å²) in [5, 5.41) is 10.3. The van der Waals surface area contributed by atoms with Gasteiger partial charge in [-0.25, -0.2) is 4.98 Å². The summed E-state index contributed by atoms with van der Waals surface area (Å²) in [5.74, 6) is 1.70. The summed E-state index contributed by atoms with van der Waals surface area (Å²) < 4.78 is 13.2. The van der Waals surface area contributed by atoms with Crippen molar-refractivity contribution in [3.63, 3.8) is 0 Å². The van der Waals surface area contributed by atoms with Gasteiger partial charge in [0.25, 0.3) is 0 Å². The Morgan fingerprint density at radius 2 is 2.11 bits per heavy atom. The first kappa shape index (κ1) is 19.4. The van der Waals surface area contributed by atoms with Crippen LogP contribution in [0.2, 0.25) is 0 Å². The highest BCUT2D eigenvalue weighted by Crippen LogP contribution is 2.38. The standard InChI is InChI=1S/C21H19BrN2O2S/c1-13(2)12-26-20-16(22)9-14(10-18(20)25-3)8-15(11-23)21-24-17-6-4-5-7-19(17)27-21/h4-10,13H,12H2,1-3H3. The van der Waals surface area contributed by atoms with Crippen molar-refractivity contribution >= 4 is 49.1 Å². The zero-order valence-corrected chi connectivity index (χ0v) is 17.7. The van der Waals surface area contributed by atoms with E-state index in [2.05, 4.69) is 40.8 Å². The van der Waals surface area contributed by atoms with Crippen molar-refractivity contribution in [3.05, 3.63) is 51.4 Å². The Kier molecular flexibility index (Phi) is 6.15. The molecule has 0 bridgehead atoms. The molecule has 0 N–H and O–H groups in total. The number of hydrogen-bond donors (Lipinski definition) is 0. The summed E-state index contributed by atoms with van der Waals surface area (Å²) >= 11 is 5.06. The van der Waals surface area contributed by atoms with E-state index in [1.165, 1.54) is 11.3 Å². The van der Waals surface area contributed by atoms with E-state index < -0.39 is 0 Å². The number of benzene rings is 2. The molecule has 2 aromatic carbocycles. The monoisotopic (exact) mass is 442 g/mol. The molecule has 3 rings (SSSR count). The molecular formula is C21H19BrN2O2S. The summed E-state index contributed by atoms with van der Waals surface area (Å²) in [7, 11) is 1.61. The van der Waals surface area contributed by atoms with Gasteiger partial charge in [-0.15, -0.1) is 11.3 Å². The Labute approximate surface area is 171 Å². The SMILES string of the molecule is COc1cc(C=C(C#N)c2nc3ccccc3s2)cc(Br)c1OCC(C)C. The minimum absolute atomic E-state index is 0.408. The van der Waals surface area contributed by atoms with E-state index in [-0.39, 0.29) is 0 Å². The van der Waals surface area contributed by atoms with E-state index in [0.29, 0.717) is 34.6 Å². The van der Waals surface area contributed by atoms with Crippen molar-refractivity contribution in [2.45, 2.75) is 13.8 Å². The van der Waals surface area contributed by atoms with Crippen molar-refractivity contribution < 1.29 is 9.47 Å². The molecule has 1 aromatic heterocycles. The van der Waals surface area contributed by atoms with Gasteiger partial charge in [-0.1, -0.05) is 26.0 Å². The molecule has 1 heterocycles. The third-order valence-electron chi connectivity index (χ3n) is 3.77. The molecule has 6 heteroatoms. The van der Waals surface area contributed by atoms with Gasteiger partial charge in [0.15, 0.2) is 11.5 Å². The number of methoxy groups -OCH3 is 1. The van der Waals surface area contributed by atoms with Crippen LogP contribution in [0.25, 0.3) is 21.9 Å². The number of nitriles is 1. The Hall–Kier alpha value is -2.36. The van der Waals surface area contributed by atoms with Crippen molar-refractivity contribution in [2.75, 3.05) is 13.7 Å². The largest absolute Gasteiger partial charge is 0.493 e. The number of para-hydroxylation sites is 1. The molecule has 0 fully saturated rings. The predicted molar refractivity (Wildman–Crippen MR) is 114 cm³/mol. The normalized spacial score (nSPS) is 11.6. The van der Waals surface area contributed by atoms with Crippen LogP contribution < -0.4 is 9.47 Å². The molecule has 3 aromatic rings. The maximum atomic E-state index is 9.64. The van der Waals surface area contributed by atoms with Crippen LogP contribution in [0.5, 0.6) is 11.5 Å². The van der Waals surface area contributed by atoms with Crippen LogP contribution in [0.4, 0.5) is 0 Å². The molecule has 0 aliphatic rings. The minimum Gasteiger partial charge on any atom is -0.493 e. The highest BCUT2D eigenvalue weighted by Gasteiger charge is 2.14. The molecule has 27 heavy (non-hydrogen) atoms. The number of fused-ring (bicyclic) bond motifs is 1. The maximum absolute atomic E-state index is 9.64. The quantitative estimate of drug-likeness (QED) is 0.428. The summed E-state index contributed by atoms with van der Waals surface area (Å²) in [5.41, 5.74) is 2.25. The van der Waals surface area contributed by atoms with Gasteiger partial charge in [-0.3, -0.25) is 0 Å². The Balaban J connectivity index is 1.99. The predicted octanol–water partition coefficient (Wildman–Crippen LogP) is 6.17. The third-order valence-corrected chi connectivity index (χ3v) is 5.43. The summed E-state index contributed by atoms with van der Waals surface area (Å²) in [6, 6.07) is 13.9. The zero-order chi connectivity index (χ0) is 19.4. The van der Waals surface area contributed by atoms with Crippen LogP contribution >= 0.6 is 27.3 Å². The summed E-state index contributed by atoms with van der Waals surface area (Å²) in [6.07, 6.45) is 1.82. The third kappa shape index (κ3) is 4.49. The average Bonchev–Trinajstić information content (AvgIpc) is 3.08. The second-order valence-corrected chi connectivity index (χ2v) is 8.28. The highest BCUT2D eigenvalue weighted by atomic mass is 79.9. The van der Waals surface area contributed by atoms with Crippen LogP contribution in [-0.4, -0.2) is 18.7 Å². The van der Waals surface area contributed by atoms with Gasteiger partial charge in [-0.05, 0) is 57.8 Å². The highest BCUT2D eigenvalue weighted by molar-refractivity contribution is 9.10. The Morgan fingerprint density at radius 1 is 1.33 bits per heavy atom. The number of halogens is 1. The zero-order valence-electron chi connectivity index (χ0n) is 15.3. The second kappa shape index (κ2) is 8.55. The van der Waals surface area contributed by atoms with Crippen LogP contribution in [0, 0.1) is 17.2 Å². The first-order valence-corrected chi connectivity index (χ1v) is 10.1. The van der Waals surface area contributed by atoms with Gasteiger partial charge in [0.05, 0.1) is 34.0 Å². The lowest BCUT2D eigenvalue weighted by molar-refractivity contribution is 0.255. The molecule has 0 aliphatic carbocycles. The number of hydrogen-bond acceptors (Lipinski definition) is 5. The fourth-order valence-electron chi connectivity index (χ4n) is 2.51. The molecule has 0 saturated heterocycles.